The van der Waals surface area contributed by atoms with E-state index in [4.69, 9.17) is 11.1 Å². The number of rotatable bonds is 6. The summed E-state index contributed by atoms with van der Waals surface area (Å²) in [6.07, 6.45) is 9.46. The van der Waals surface area contributed by atoms with E-state index >= 15 is 0 Å². The molecule has 3 aromatic heterocycles. The van der Waals surface area contributed by atoms with E-state index in [-0.39, 0.29) is 5.56 Å². The fraction of sp³-hybridized carbons (Fsp3) is 0.269. The highest BCUT2D eigenvalue weighted by atomic mass is 19.1. The number of amidine groups is 1. The van der Waals surface area contributed by atoms with E-state index in [0.29, 0.717) is 50.1 Å². The average Bonchev–Trinajstić information content (AvgIpc) is 3.56. The van der Waals surface area contributed by atoms with Gasteiger partial charge >= 0.3 is 0 Å². The summed E-state index contributed by atoms with van der Waals surface area (Å²) in [6.45, 7) is 3.77. The van der Waals surface area contributed by atoms with Gasteiger partial charge in [-0.3, -0.25) is 10.1 Å². The van der Waals surface area contributed by atoms with Crippen LogP contribution in [-0.2, 0) is 12.6 Å². The van der Waals surface area contributed by atoms with Crippen molar-refractivity contribution in [2.75, 3.05) is 31.1 Å². The molecule has 0 bridgehead atoms. The van der Waals surface area contributed by atoms with Gasteiger partial charge in [-0.15, -0.1) is 0 Å². The van der Waals surface area contributed by atoms with Crippen molar-refractivity contribution in [2.24, 2.45) is 17.8 Å². The highest BCUT2D eigenvalue weighted by molar-refractivity contribution is 6.01. The highest BCUT2D eigenvalue weighted by Crippen LogP contribution is 2.31. The van der Waals surface area contributed by atoms with Crippen molar-refractivity contribution in [1.82, 2.24) is 29.6 Å². The third-order valence-corrected chi connectivity index (χ3v) is 6.78. The largest absolute Gasteiger partial charge is 0.358 e. The van der Waals surface area contributed by atoms with Gasteiger partial charge in [-0.05, 0) is 13.0 Å². The molecule has 4 aromatic rings. The van der Waals surface area contributed by atoms with E-state index in [1.54, 1.807) is 10.9 Å². The first-order valence-electron chi connectivity index (χ1n) is 12.2. The molecule has 5 rings (SSSR count). The Hall–Kier alpha value is -4.52. The molecule has 1 saturated heterocycles. The van der Waals surface area contributed by atoms with Crippen LogP contribution < -0.4 is 10.6 Å². The van der Waals surface area contributed by atoms with Gasteiger partial charge in [-0.1, -0.05) is 0 Å². The summed E-state index contributed by atoms with van der Waals surface area (Å²) in [7, 11) is 1.86. The summed E-state index contributed by atoms with van der Waals surface area (Å²) in [5.74, 6) is -2.07. The van der Waals surface area contributed by atoms with Crippen LogP contribution in [0.1, 0.15) is 23.7 Å². The Morgan fingerprint density at radius 2 is 1.72 bits per heavy atom. The smallest absolute Gasteiger partial charge is 0.225 e. The predicted molar refractivity (Wildman–Crippen MR) is 141 cm³/mol. The Bertz CT molecular complexity index is 1490. The standard InChI is InChI=1S/C26H27F3N10/c1-26(31,23-20(28)8-19(27)9-21(23)29)18-12-33-25(34-13-18)39-5-3-38(4-6-39)24(35-15-30)22-7-16(10-32-22)17-11-36-37(2)14-17/h7-15,30,32H,3-6,31H2,1-2H3/b30-15?,35-24+/t26-/m0/s1. The molecule has 1 atom stereocenters. The summed E-state index contributed by atoms with van der Waals surface area (Å²) < 4.78 is 43.9. The number of halogens is 3. The zero-order valence-electron chi connectivity index (χ0n) is 21.4. The van der Waals surface area contributed by atoms with Gasteiger partial charge < -0.3 is 20.5 Å². The molecule has 1 fully saturated rings. The molecule has 0 amide bonds. The van der Waals surface area contributed by atoms with Gasteiger partial charge in [-0.2, -0.15) is 5.10 Å². The van der Waals surface area contributed by atoms with Crippen molar-refractivity contribution in [2.45, 2.75) is 12.5 Å². The van der Waals surface area contributed by atoms with Crippen molar-refractivity contribution >= 4 is 18.1 Å². The monoisotopic (exact) mass is 536 g/mol. The van der Waals surface area contributed by atoms with Crippen LogP contribution in [0, 0.1) is 22.9 Å². The normalized spacial score (nSPS) is 15.9. The zero-order chi connectivity index (χ0) is 27.7. The lowest BCUT2D eigenvalue weighted by molar-refractivity contribution is 0.383. The van der Waals surface area contributed by atoms with Crippen molar-refractivity contribution in [3.8, 4) is 11.1 Å². The van der Waals surface area contributed by atoms with Crippen molar-refractivity contribution in [1.29, 1.82) is 5.41 Å². The van der Waals surface area contributed by atoms with Crippen LogP contribution in [0.3, 0.4) is 0 Å². The van der Waals surface area contributed by atoms with E-state index in [2.05, 4.69) is 29.9 Å². The topological polar surface area (TPSA) is 128 Å². The summed E-state index contributed by atoms with van der Waals surface area (Å²) >= 11 is 0. The first-order valence-corrected chi connectivity index (χ1v) is 12.2. The minimum Gasteiger partial charge on any atom is -0.358 e. The lowest BCUT2D eigenvalue weighted by Gasteiger charge is -2.36. The Morgan fingerprint density at radius 1 is 1.05 bits per heavy atom. The third-order valence-electron chi connectivity index (χ3n) is 6.78. The number of piperazine rings is 1. The number of nitrogens with zero attached hydrogens (tertiary/aromatic N) is 7. The summed E-state index contributed by atoms with van der Waals surface area (Å²) in [5, 5.41) is 11.8. The van der Waals surface area contributed by atoms with Gasteiger partial charge in [0.05, 0.1) is 17.4 Å². The molecule has 1 aromatic carbocycles. The van der Waals surface area contributed by atoms with Crippen molar-refractivity contribution in [3.63, 3.8) is 0 Å². The summed E-state index contributed by atoms with van der Waals surface area (Å²) in [5.41, 5.74) is 7.22. The quantitative estimate of drug-likeness (QED) is 0.257. The first-order chi connectivity index (χ1) is 18.7. The molecule has 0 spiro atoms. The van der Waals surface area contributed by atoms with E-state index in [9.17, 15) is 13.2 Å². The van der Waals surface area contributed by atoms with Crippen LogP contribution >= 0.6 is 0 Å². The Balaban J connectivity index is 1.28. The molecule has 13 heteroatoms. The first kappa shape index (κ1) is 26.1. The lowest BCUT2D eigenvalue weighted by atomic mass is 9.86. The third kappa shape index (κ3) is 5.12. The average molecular weight is 537 g/mol. The van der Waals surface area contributed by atoms with E-state index < -0.39 is 28.6 Å². The Morgan fingerprint density at radius 3 is 2.31 bits per heavy atom. The fourth-order valence-electron chi connectivity index (χ4n) is 4.70. The van der Waals surface area contributed by atoms with Crippen molar-refractivity contribution in [3.05, 3.63) is 83.5 Å². The molecule has 39 heavy (non-hydrogen) atoms. The number of nitrogens with two attached hydrogens (primary N) is 1. The second-order valence-corrected chi connectivity index (χ2v) is 9.48. The number of aryl methyl sites for hydroxylation is 1. The van der Waals surface area contributed by atoms with Crippen LogP contribution in [-0.4, -0.2) is 68.0 Å². The van der Waals surface area contributed by atoms with Gasteiger partial charge in [0.15, 0.2) is 5.84 Å². The minimum absolute atomic E-state index is 0.283. The molecule has 0 aliphatic carbocycles. The molecule has 202 valence electrons. The molecule has 4 heterocycles. The van der Waals surface area contributed by atoms with Crippen molar-refractivity contribution < 1.29 is 13.2 Å². The number of aromatic nitrogens is 5. The molecule has 1 aliphatic heterocycles. The second-order valence-electron chi connectivity index (χ2n) is 9.48. The number of anilines is 1. The Labute approximate surface area is 222 Å². The maximum atomic E-state index is 14.4. The van der Waals surface area contributed by atoms with Crippen LogP contribution in [0.25, 0.3) is 11.1 Å². The SMILES string of the molecule is Cn1cc(-c2c[nH]c(/C(=N\C=N)N3CCN(c4ncc([C@](C)(N)c5c(F)cc(F)cc5F)cn4)CC3)c2)cn1. The second kappa shape index (κ2) is 10.3. The minimum atomic E-state index is -1.61. The molecular formula is C26H27F3N10. The zero-order valence-corrected chi connectivity index (χ0v) is 21.4. The van der Waals surface area contributed by atoms with Gasteiger partial charge in [-0.25, -0.2) is 28.1 Å². The molecule has 10 nitrogen and oxygen atoms in total. The summed E-state index contributed by atoms with van der Waals surface area (Å²) in [4.78, 5) is 20.4. The molecule has 1 aliphatic rings. The van der Waals surface area contributed by atoms with Gasteiger partial charge in [0.1, 0.15) is 23.8 Å². The highest BCUT2D eigenvalue weighted by Gasteiger charge is 2.32. The van der Waals surface area contributed by atoms with Crippen LogP contribution in [0.15, 0.2) is 54.2 Å². The number of hydrogen-bond donors (Lipinski definition) is 3. The Kier molecular flexibility index (Phi) is 6.91. The summed E-state index contributed by atoms with van der Waals surface area (Å²) in [6, 6.07) is 3.17. The fourth-order valence-corrected chi connectivity index (χ4v) is 4.70. The van der Waals surface area contributed by atoms with Crippen LogP contribution in [0.2, 0.25) is 0 Å². The number of hydrogen-bond acceptors (Lipinski definition) is 6. The number of nitrogens with one attached hydrogen (secondary N) is 2. The number of H-pyrrole nitrogens is 1. The molecule has 4 N–H and O–H groups in total. The molecule has 0 saturated carbocycles. The number of aliphatic imine (C=N–C) groups is 1. The van der Waals surface area contributed by atoms with E-state index in [0.717, 1.165) is 23.2 Å². The molecule has 0 radical (unpaired) electrons. The maximum absolute atomic E-state index is 14.4. The van der Waals surface area contributed by atoms with Gasteiger partial charge in [0.25, 0.3) is 0 Å². The predicted octanol–water partition coefficient (Wildman–Crippen LogP) is 3.02. The lowest BCUT2D eigenvalue weighted by Crippen LogP contribution is -2.49. The van der Waals surface area contributed by atoms with Gasteiger partial charge in [0, 0.05) is 92.4 Å². The maximum Gasteiger partial charge on any atom is 0.225 e. The molecule has 0 unspecified atom stereocenters. The number of aromatic amines is 1. The van der Waals surface area contributed by atoms with Gasteiger partial charge in [0.2, 0.25) is 5.95 Å². The van der Waals surface area contributed by atoms with Crippen LogP contribution in [0.4, 0.5) is 19.1 Å². The van der Waals surface area contributed by atoms with Crippen LogP contribution in [0.5, 0.6) is 0 Å². The molecular weight excluding hydrogens is 509 g/mol. The number of benzene rings is 1. The van der Waals surface area contributed by atoms with E-state index in [1.165, 1.54) is 19.3 Å². The van der Waals surface area contributed by atoms with E-state index in [1.807, 2.05) is 30.4 Å².